The molecule has 0 fully saturated rings. The van der Waals surface area contributed by atoms with E-state index in [0.29, 0.717) is 5.56 Å². The summed E-state index contributed by atoms with van der Waals surface area (Å²) >= 11 is 0. The van der Waals surface area contributed by atoms with Crippen LogP contribution in [-0.2, 0) is 20.4 Å². The molecule has 2 N–H and O–H groups in total. The molecular weight excluding hydrogens is 354 g/mol. The molecular formula is C19H21NO5S. The van der Waals surface area contributed by atoms with Crippen LogP contribution >= 0.6 is 0 Å². The van der Waals surface area contributed by atoms with E-state index >= 15 is 0 Å². The van der Waals surface area contributed by atoms with Crippen molar-refractivity contribution in [2.24, 2.45) is 5.92 Å². The van der Waals surface area contributed by atoms with E-state index in [0.717, 1.165) is 0 Å². The van der Waals surface area contributed by atoms with Gasteiger partial charge in [0.25, 0.3) is 5.91 Å². The first kappa shape index (κ1) is 19.7. The summed E-state index contributed by atoms with van der Waals surface area (Å²) in [6.45, 7) is 3.12. The molecule has 0 aliphatic carbocycles. The summed E-state index contributed by atoms with van der Waals surface area (Å²) in [7, 11) is -3.51. The van der Waals surface area contributed by atoms with Gasteiger partial charge >= 0.3 is 5.97 Å². The zero-order valence-electron chi connectivity index (χ0n) is 14.5. The van der Waals surface area contributed by atoms with Crippen LogP contribution < -0.4 is 5.32 Å². The molecule has 26 heavy (non-hydrogen) atoms. The monoisotopic (exact) mass is 375 g/mol. The third-order valence-corrected chi connectivity index (χ3v) is 5.85. The van der Waals surface area contributed by atoms with E-state index in [-0.39, 0.29) is 16.2 Å². The summed E-state index contributed by atoms with van der Waals surface area (Å²) in [4.78, 5) is 23.5. The van der Waals surface area contributed by atoms with Crippen LogP contribution in [0.3, 0.4) is 0 Å². The van der Waals surface area contributed by atoms with Crippen molar-refractivity contribution >= 4 is 21.7 Å². The molecule has 0 spiro atoms. The summed E-state index contributed by atoms with van der Waals surface area (Å²) in [6.07, 6.45) is 0. The Morgan fingerprint density at radius 3 is 2.31 bits per heavy atom. The number of carboxylic acids is 1. The lowest BCUT2D eigenvalue weighted by molar-refractivity contribution is -0.141. The first-order valence-electron chi connectivity index (χ1n) is 8.11. The normalized spacial score (nSPS) is 13.6. The number of rotatable bonds is 7. The van der Waals surface area contributed by atoms with Gasteiger partial charge in [-0.05, 0) is 43.7 Å². The Labute approximate surface area is 152 Å². The molecule has 0 heterocycles. The minimum atomic E-state index is -3.51. The van der Waals surface area contributed by atoms with Gasteiger partial charge in [0.15, 0.2) is 9.84 Å². The minimum absolute atomic E-state index is 0.221. The molecule has 138 valence electrons. The number of sulfone groups is 1. The molecule has 0 aromatic heterocycles. The Kier molecular flexibility index (Phi) is 6.15. The zero-order valence-corrected chi connectivity index (χ0v) is 15.4. The molecule has 2 aromatic rings. The van der Waals surface area contributed by atoms with E-state index in [1.54, 1.807) is 43.3 Å². The smallest absolute Gasteiger partial charge is 0.308 e. The van der Waals surface area contributed by atoms with Gasteiger partial charge in [0.05, 0.1) is 16.6 Å². The van der Waals surface area contributed by atoms with Crippen molar-refractivity contribution in [2.75, 3.05) is 0 Å². The van der Waals surface area contributed by atoms with Crippen molar-refractivity contribution in [3.63, 3.8) is 0 Å². The first-order chi connectivity index (χ1) is 12.2. The Bertz CT molecular complexity index is 893. The van der Waals surface area contributed by atoms with Crippen LogP contribution in [0.1, 0.15) is 29.8 Å². The molecule has 2 atom stereocenters. The fraction of sp³-hybridized carbons (Fsp3) is 0.263. The van der Waals surface area contributed by atoms with E-state index in [4.69, 9.17) is 5.11 Å². The average molecular weight is 375 g/mol. The van der Waals surface area contributed by atoms with E-state index in [1.165, 1.54) is 25.1 Å². The van der Waals surface area contributed by atoms with Gasteiger partial charge in [0.2, 0.25) is 0 Å². The first-order valence-corrected chi connectivity index (χ1v) is 9.76. The van der Waals surface area contributed by atoms with Crippen molar-refractivity contribution in [3.8, 4) is 0 Å². The third kappa shape index (κ3) is 4.92. The van der Waals surface area contributed by atoms with E-state index in [9.17, 15) is 18.0 Å². The van der Waals surface area contributed by atoms with Crippen LogP contribution in [0.2, 0.25) is 0 Å². The molecule has 6 nitrogen and oxygen atoms in total. The van der Waals surface area contributed by atoms with E-state index < -0.39 is 33.7 Å². The highest BCUT2D eigenvalue weighted by Crippen LogP contribution is 2.17. The number of hydrogen-bond donors (Lipinski definition) is 2. The lowest BCUT2D eigenvalue weighted by Crippen LogP contribution is -2.40. The Hall–Kier alpha value is -2.67. The second-order valence-electron chi connectivity index (χ2n) is 6.16. The molecule has 0 saturated carbocycles. The molecule has 0 radical (unpaired) electrons. The van der Waals surface area contributed by atoms with Gasteiger partial charge in [-0.3, -0.25) is 9.59 Å². The van der Waals surface area contributed by atoms with Gasteiger partial charge in [-0.15, -0.1) is 0 Å². The number of nitrogens with one attached hydrogen (secondary N) is 1. The molecule has 7 heteroatoms. The summed E-state index contributed by atoms with van der Waals surface area (Å²) < 4.78 is 24.9. The molecule has 1 amide bonds. The highest BCUT2D eigenvalue weighted by atomic mass is 32.2. The number of aliphatic carboxylic acids is 1. The van der Waals surface area contributed by atoms with Crippen LogP contribution in [0.5, 0.6) is 0 Å². The van der Waals surface area contributed by atoms with Gasteiger partial charge < -0.3 is 10.4 Å². The topological polar surface area (TPSA) is 101 Å². The van der Waals surface area contributed by atoms with Crippen molar-refractivity contribution in [1.82, 2.24) is 5.32 Å². The number of amides is 1. The van der Waals surface area contributed by atoms with Crippen LogP contribution in [0.4, 0.5) is 0 Å². The number of carbonyl (C=O) groups excluding carboxylic acids is 1. The maximum absolute atomic E-state index is 12.5. The third-order valence-electron chi connectivity index (χ3n) is 4.15. The van der Waals surface area contributed by atoms with Crippen LogP contribution in [-0.4, -0.2) is 31.4 Å². The quantitative estimate of drug-likeness (QED) is 0.774. The van der Waals surface area contributed by atoms with Crippen LogP contribution in [0.15, 0.2) is 59.5 Å². The van der Waals surface area contributed by atoms with Crippen LogP contribution in [0.25, 0.3) is 0 Å². The van der Waals surface area contributed by atoms with Crippen molar-refractivity contribution in [3.05, 3.63) is 65.7 Å². The zero-order chi connectivity index (χ0) is 19.3. The number of carboxylic acid groups (broad SMARTS) is 1. The van der Waals surface area contributed by atoms with Crippen molar-refractivity contribution in [2.45, 2.75) is 30.5 Å². The largest absolute Gasteiger partial charge is 0.481 e. The van der Waals surface area contributed by atoms with Gasteiger partial charge in [0, 0.05) is 11.6 Å². The highest BCUT2D eigenvalue weighted by molar-refractivity contribution is 7.90. The SMILES string of the molecule is CC(NC(=O)c1cccc(CS(=O)(=O)c2ccccc2)c1)C(C)C(=O)O. The Balaban J connectivity index is 2.15. The summed E-state index contributed by atoms with van der Waals surface area (Å²) in [5, 5.41) is 11.6. The second kappa shape index (κ2) is 8.14. The van der Waals surface area contributed by atoms with Crippen molar-refractivity contribution < 1.29 is 23.1 Å². The number of benzene rings is 2. The fourth-order valence-electron chi connectivity index (χ4n) is 2.36. The lowest BCUT2D eigenvalue weighted by Gasteiger charge is -2.18. The number of carbonyl (C=O) groups is 2. The highest BCUT2D eigenvalue weighted by Gasteiger charge is 2.22. The second-order valence-corrected chi connectivity index (χ2v) is 8.15. The van der Waals surface area contributed by atoms with Crippen LogP contribution in [0, 0.1) is 5.92 Å². The molecule has 0 aliphatic heterocycles. The van der Waals surface area contributed by atoms with E-state index in [1.807, 2.05) is 0 Å². The maximum Gasteiger partial charge on any atom is 0.308 e. The van der Waals surface area contributed by atoms with Gasteiger partial charge in [-0.1, -0.05) is 30.3 Å². The van der Waals surface area contributed by atoms with E-state index in [2.05, 4.69) is 5.32 Å². The standard InChI is InChI=1S/C19H21NO5S/c1-13(19(22)23)14(2)20-18(21)16-8-6-7-15(11-16)12-26(24,25)17-9-4-3-5-10-17/h3-11,13-14H,12H2,1-2H3,(H,20,21)(H,22,23). The maximum atomic E-state index is 12.5. The number of hydrogen-bond acceptors (Lipinski definition) is 4. The predicted molar refractivity (Wildman–Crippen MR) is 97.5 cm³/mol. The molecule has 0 saturated heterocycles. The molecule has 2 rings (SSSR count). The molecule has 0 aliphatic rings. The predicted octanol–water partition coefficient (Wildman–Crippen LogP) is 2.50. The van der Waals surface area contributed by atoms with Gasteiger partial charge in [-0.25, -0.2) is 8.42 Å². The van der Waals surface area contributed by atoms with Crippen molar-refractivity contribution in [1.29, 1.82) is 0 Å². The fourth-order valence-corrected chi connectivity index (χ4v) is 3.72. The summed E-state index contributed by atoms with van der Waals surface area (Å²) in [6, 6.07) is 13.9. The summed E-state index contributed by atoms with van der Waals surface area (Å²) in [5.74, 6) is -2.40. The molecule has 2 aromatic carbocycles. The Morgan fingerprint density at radius 1 is 1.04 bits per heavy atom. The summed E-state index contributed by atoms with van der Waals surface area (Å²) in [5.41, 5.74) is 0.774. The Morgan fingerprint density at radius 2 is 1.69 bits per heavy atom. The average Bonchev–Trinajstić information content (AvgIpc) is 2.61. The van der Waals surface area contributed by atoms with Gasteiger partial charge in [-0.2, -0.15) is 0 Å². The lowest BCUT2D eigenvalue weighted by atomic mass is 10.0. The molecule has 0 bridgehead atoms. The van der Waals surface area contributed by atoms with Gasteiger partial charge in [0.1, 0.15) is 0 Å². The minimum Gasteiger partial charge on any atom is -0.481 e. The molecule has 2 unspecified atom stereocenters.